The molecule has 172 valence electrons. The van der Waals surface area contributed by atoms with Gasteiger partial charge in [0.25, 0.3) is 5.91 Å². The average Bonchev–Trinajstić information content (AvgIpc) is 3.41. The molecule has 0 N–H and O–H groups in total. The molecule has 1 unspecified atom stereocenters. The second-order valence-electron chi connectivity index (χ2n) is 8.15. The van der Waals surface area contributed by atoms with Gasteiger partial charge >= 0.3 is 0 Å². The molecule has 8 heteroatoms. The first-order valence-corrected chi connectivity index (χ1v) is 11.9. The number of nitrogens with zero attached hydrogens (tertiary/aromatic N) is 3. The maximum Gasteiger partial charge on any atom is 0.297 e. The SMILES string of the molecule is C=CCOc1ccc(C2c3c(oc4ccc(C)cc4c3=O)C(=O)N2c2nnc(CCC)s2)cc1. The van der Waals surface area contributed by atoms with E-state index in [1.165, 1.54) is 16.2 Å². The van der Waals surface area contributed by atoms with E-state index in [4.69, 9.17) is 9.15 Å². The third-order valence-corrected chi connectivity index (χ3v) is 6.70. The molecule has 0 saturated heterocycles. The molecule has 1 amide bonds. The molecule has 2 aromatic heterocycles. The molecule has 7 nitrogen and oxygen atoms in total. The first kappa shape index (κ1) is 22.0. The Kier molecular flexibility index (Phi) is 5.75. The lowest BCUT2D eigenvalue weighted by Gasteiger charge is -2.22. The van der Waals surface area contributed by atoms with Gasteiger partial charge in [-0.25, -0.2) is 0 Å². The third-order valence-electron chi connectivity index (χ3n) is 5.72. The van der Waals surface area contributed by atoms with Crippen molar-refractivity contribution in [3.8, 4) is 5.75 Å². The highest BCUT2D eigenvalue weighted by molar-refractivity contribution is 7.15. The van der Waals surface area contributed by atoms with E-state index in [1.807, 2.05) is 37.3 Å². The van der Waals surface area contributed by atoms with Gasteiger partial charge in [-0.2, -0.15) is 0 Å². The fourth-order valence-electron chi connectivity index (χ4n) is 4.16. The molecule has 0 fully saturated rings. The van der Waals surface area contributed by atoms with Crippen LogP contribution in [0.3, 0.4) is 0 Å². The molecule has 3 heterocycles. The molecule has 4 aromatic rings. The minimum atomic E-state index is -0.681. The highest BCUT2D eigenvalue weighted by Gasteiger charge is 2.45. The van der Waals surface area contributed by atoms with Crippen LogP contribution in [0.5, 0.6) is 5.75 Å². The number of aromatic nitrogens is 2. The molecule has 0 bridgehead atoms. The lowest BCUT2D eigenvalue weighted by Crippen LogP contribution is -2.29. The Bertz CT molecular complexity index is 1460. The minimum absolute atomic E-state index is 0.0468. The summed E-state index contributed by atoms with van der Waals surface area (Å²) in [6.07, 6.45) is 3.36. The summed E-state index contributed by atoms with van der Waals surface area (Å²) in [5, 5.41) is 10.3. The Hall–Kier alpha value is -3.78. The standard InChI is InChI=1S/C26H23N3O4S/c1-4-6-20-27-28-26(34-20)29-22(16-8-10-17(11-9-16)32-13-5-2)21-23(30)18-14-15(3)7-12-19(18)33-24(21)25(29)31/h5,7-12,14,22H,2,4,6,13H2,1,3H3. The number of hydrogen-bond acceptors (Lipinski definition) is 7. The van der Waals surface area contributed by atoms with Crippen LogP contribution in [0.4, 0.5) is 5.13 Å². The largest absolute Gasteiger partial charge is 0.490 e. The van der Waals surface area contributed by atoms with Crippen molar-refractivity contribution in [1.82, 2.24) is 10.2 Å². The molecule has 0 radical (unpaired) electrons. The van der Waals surface area contributed by atoms with Gasteiger partial charge < -0.3 is 9.15 Å². The number of benzene rings is 2. The number of carbonyl (C=O) groups is 1. The van der Waals surface area contributed by atoms with Gasteiger partial charge in [-0.05, 0) is 43.2 Å². The van der Waals surface area contributed by atoms with Gasteiger partial charge in [0.2, 0.25) is 10.9 Å². The number of carbonyl (C=O) groups excluding carboxylic acids is 1. The number of ether oxygens (including phenoxy) is 1. The first-order chi connectivity index (χ1) is 16.5. The van der Waals surface area contributed by atoms with E-state index >= 15 is 0 Å². The molecule has 1 aliphatic heterocycles. The Morgan fingerprint density at radius 3 is 2.71 bits per heavy atom. The summed E-state index contributed by atoms with van der Waals surface area (Å²) in [7, 11) is 0. The van der Waals surface area contributed by atoms with Crippen molar-refractivity contribution < 1.29 is 13.9 Å². The summed E-state index contributed by atoms with van der Waals surface area (Å²) >= 11 is 1.36. The van der Waals surface area contributed by atoms with Crippen molar-refractivity contribution in [2.24, 2.45) is 0 Å². The smallest absolute Gasteiger partial charge is 0.297 e. The zero-order valence-electron chi connectivity index (χ0n) is 18.9. The Morgan fingerprint density at radius 1 is 1.18 bits per heavy atom. The zero-order valence-corrected chi connectivity index (χ0v) is 19.7. The number of fused-ring (bicyclic) bond motifs is 2. The van der Waals surface area contributed by atoms with Gasteiger partial charge in [-0.15, -0.1) is 10.2 Å². The number of rotatable bonds is 7. The second-order valence-corrected chi connectivity index (χ2v) is 9.19. The predicted octanol–water partition coefficient (Wildman–Crippen LogP) is 5.22. The molecule has 0 aliphatic carbocycles. The van der Waals surface area contributed by atoms with Crippen molar-refractivity contribution in [3.63, 3.8) is 0 Å². The van der Waals surface area contributed by atoms with Gasteiger partial charge in [-0.3, -0.25) is 14.5 Å². The van der Waals surface area contributed by atoms with Crippen LogP contribution in [0.2, 0.25) is 0 Å². The molecular formula is C26H23N3O4S. The Labute approximate surface area is 200 Å². The summed E-state index contributed by atoms with van der Waals surface area (Å²) in [6.45, 7) is 8.03. The van der Waals surface area contributed by atoms with Crippen molar-refractivity contribution in [1.29, 1.82) is 0 Å². The summed E-state index contributed by atoms with van der Waals surface area (Å²) in [5.74, 6) is 0.318. The number of anilines is 1. The minimum Gasteiger partial charge on any atom is -0.490 e. The van der Waals surface area contributed by atoms with E-state index in [2.05, 4.69) is 23.7 Å². The summed E-state index contributed by atoms with van der Waals surface area (Å²) < 4.78 is 11.6. The van der Waals surface area contributed by atoms with E-state index < -0.39 is 11.9 Å². The lowest BCUT2D eigenvalue weighted by molar-refractivity contribution is 0.0970. The van der Waals surface area contributed by atoms with E-state index in [1.54, 1.807) is 18.2 Å². The van der Waals surface area contributed by atoms with Gasteiger partial charge in [0, 0.05) is 6.42 Å². The van der Waals surface area contributed by atoms with Gasteiger partial charge in [-0.1, -0.05) is 54.7 Å². The monoisotopic (exact) mass is 473 g/mol. The lowest BCUT2D eigenvalue weighted by atomic mass is 9.98. The normalized spacial score (nSPS) is 15.1. The molecule has 2 aromatic carbocycles. The van der Waals surface area contributed by atoms with E-state index in [9.17, 15) is 9.59 Å². The first-order valence-electron chi connectivity index (χ1n) is 11.1. The summed E-state index contributed by atoms with van der Waals surface area (Å²) in [5.41, 5.74) is 2.18. The molecule has 5 rings (SSSR count). The van der Waals surface area contributed by atoms with E-state index in [-0.39, 0.29) is 11.2 Å². The topological polar surface area (TPSA) is 85.5 Å². The fraction of sp³-hybridized carbons (Fsp3) is 0.231. The molecule has 1 aliphatic rings. The van der Waals surface area contributed by atoms with Crippen LogP contribution < -0.4 is 15.1 Å². The van der Waals surface area contributed by atoms with Crippen LogP contribution in [0.25, 0.3) is 11.0 Å². The highest BCUT2D eigenvalue weighted by Crippen LogP contribution is 2.42. The fourth-order valence-corrected chi connectivity index (χ4v) is 5.12. The predicted molar refractivity (Wildman–Crippen MR) is 132 cm³/mol. The molecule has 0 spiro atoms. The molecule has 34 heavy (non-hydrogen) atoms. The number of aryl methyl sites for hydroxylation is 2. The van der Waals surface area contributed by atoms with Crippen molar-refractivity contribution in [3.05, 3.63) is 92.8 Å². The quantitative estimate of drug-likeness (QED) is 0.342. The van der Waals surface area contributed by atoms with Crippen LogP contribution in [-0.2, 0) is 6.42 Å². The van der Waals surface area contributed by atoms with Crippen LogP contribution >= 0.6 is 11.3 Å². The Balaban J connectivity index is 1.69. The van der Waals surface area contributed by atoms with Crippen LogP contribution in [-0.4, -0.2) is 22.7 Å². The van der Waals surface area contributed by atoms with Gasteiger partial charge in [0.15, 0.2) is 5.43 Å². The maximum absolute atomic E-state index is 13.7. The van der Waals surface area contributed by atoms with E-state index in [0.717, 1.165) is 29.0 Å². The average molecular weight is 474 g/mol. The summed E-state index contributed by atoms with van der Waals surface area (Å²) in [4.78, 5) is 28.8. The highest BCUT2D eigenvalue weighted by atomic mass is 32.1. The number of amides is 1. The van der Waals surface area contributed by atoms with Crippen LogP contribution in [0.15, 0.2) is 64.3 Å². The Morgan fingerprint density at radius 2 is 1.97 bits per heavy atom. The molecule has 0 saturated carbocycles. The van der Waals surface area contributed by atoms with Crippen molar-refractivity contribution >= 4 is 33.3 Å². The molecular weight excluding hydrogens is 450 g/mol. The van der Waals surface area contributed by atoms with E-state index in [0.29, 0.717) is 34.0 Å². The van der Waals surface area contributed by atoms with Gasteiger partial charge in [0.1, 0.15) is 22.9 Å². The van der Waals surface area contributed by atoms with Crippen LogP contribution in [0, 0.1) is 6.92 Å². The van der Waals surface area contributed by atoms with Crippen LogP contribution in [0.1, 0.15) is 51.6 Å². The molecule has 1 atom stereocenters. The van der Waals surface area contributed by atoms with Gasteiger partial charge in [0.05, 0.1) is 17.0 Å². The van der Waals surface area contributed by atoms with Crippen molar-refractivity contribution in [2.75, 3.05) is 11.5 Å². The number of hydrogen-bond donors (Lipinski definition) is 0. The zero-order chi connectivity index (χ0) is 23.8. The second kappa shape index (κ2) is 8.87. The maximum atomic E-state index is 13.7. The van der Waals surface area contributed by atoms with Crippen molar-refractivity contribution in [2.45, 2.75) is 32.7 Å². The third kappa shape index (κ3) is 3.70. The summed E-state index contributed by atoms with van der Waals surface area (Å²) in [6, 6.07) is 12.0.